The molecule has 0 atom stereocenters. The molecular formula is C23H26ClN3O4. The fourth-order valence-electron chi connectivity index (χ4n) is 3.94. The van der Waals surface area contributed by atoms with Crippen molar-refractivity contribution in [3.05, 3.63) is 45.9 Å². The molecule has 1 aliphatic rings. The first kappa shape index (κ1) is 21.4. The second-order valence-electron chi connectivity index (χ2n) is 7.63. The molecule has 0 spiro atoms. The SMILES string of the molecule is COC(=O)CCCc1nc(NCc2ccc(OC)c(Cl)c2)c2c3c(oc2n1)CCCC3. The van der Waals surface area contributed by atoms with Gasteiger partial charge in [-0.2, -0.15) is 4.98 Å². The number of rotatable bonds is 8. The standard InChI is InChI=1S/C23H26ClN3O4/c1-29-18-11-10-14(12-16(18)24)13-25-22-21-15-6-3-4-7-17(15)31-23(21)27-19(26-22)8-5-9-20(28)30-2/h10-12H,3-9,13H2,1-2H3,(H,25,26,27). The van der Waals surface area contributed by atoms with Gasteiger partial charge in [-0.3, -0.25) is 4.79 Å². The van der Waals surface area contributed by atoms with Gasteiger partial charge < -0.3 is 19.2 Å². The van der Waals surface area contributed by atoms with Gasteiger partial charge in [0.15, 0.2) is 0 Å². The van der Waals surface area contributed by atoms with Crippen molar-refractivity contribution < 1.29 is 18.7 Å². The molecule has 1 aliphatic carbocycles. The van der Waals surface area contributed by atoms with E-state index in [1.165, 1.54) is 12.7 Å². The van der Waals surface area contributed by atoms with Crippen LogP contribution in [0.1, 0.15) is 48.4 Å². The lowest BCUT2D eigenvalue weighted by atomic mass is 9.96. The van der Waals surface area contributed by atoms with E-state index in [9.17, 15) is 4.79 Å². The van der Waals surface area contributed by atoms with Crippen LogP contribution in [-0.2, 0) is 35.3 Å². The molecule has 0 amide bonds. The quantitative estimate of drug-likeness (QED) is 0.497. The van der Waals surface area contributed by atoms with Crippen molar-refractivity contribution in [3.8, 4) is 5.75 Å². The van der Waals surface area contributed by atoms with Crippen LogP contribution in [0.5, 0.6) is 5.75 Å². The van der Waals surface area contributed by atoms with E-state index in [1.54, 1.807) is 7.11 Å². The molecule has 0 saturated carbocycles. The number of halogens is 1. The van der Waals surface area contributed by atoms with Gasteiger partial charge in [-0.05, 0) is 43.4 Å². The van der Waals surface area contributed by atoms with E-state index >= 15 is 0 Å². The predicted octanol–water partition coefficient (Wildman–Crippen LogP) is 4.87. The highest BCUT2D eigenvalue weighted by Gasteiger charge is 2.23. The second kappa shape index (κ2) is 9.56. The largest absolute Gasteiger partial charge is 0.495 e. The average Bonchev–Trinajstić information content (AvgIpc) is 3.16. The summed E-state index contributed by atoms with van der Waals surface area (Å²) in [6.45, 7) is 0.553. The Balaban J connectivity index is 1.61. The molecule has 31 heavy (non-hydrogen) atoms. The number of furan rings is 1. The summed E-state index contributed by atoms with van der Waals surface area (Å²) < 4.78 is 16.1. The van der Waals surface area contributed by atoms with Crippen molar-refractivity contribution in [3.63, 3.8) is 0 Å². The molecule has 1 aromatic carbocycles. The fraction of sp³-hybridized carbons (Fsp3) is 0.435. The van der Waals surface area contributed by atoms with Crippen LogP contribution in [0.15, 0.2) is 22.6 Å². The van der Waals surface area contributed by atoms with Crippen molar-refractivity contribution in [1.29, 1.82) is 0 Å². The van der Waals surface area contributed by atoms with E-state index in [1.807, 2.05) is 18.2 Å². The van der Waals surface area contributed by atoms with Gasteiger partial charge in [-0.1, -0.05) is 17.7 Å². The van der Waals surface area contributed by atoms with Crippen LogP contribution in [0.2, 0.25) is 5.02 Å². The first-order valence-corrected chi connectivity index (χ1v) is 10.9. The maximum atomic E-state index is 11.4. The zero-order chi connectivity index (χ0) is 21.8. The van der Waals surface area contributed by atoms with Crippen LogP contribution < -0.4 is 10.1 Å². The number of carbonyl (C=O) groups is 1. The number of fused-ring (bicyclic) bond motifs is 3. The highest BCUT2D eigenvalue weighted by Crippen LogP contribution is 2.35. The van der Waals surface area contributed by atoms with Gasteiger partial charge in [0.25, 0.3) is 0 Å². The fourth-order valence-corrected chi connectivity index (χ4v) is 4.22. The molecule has 0 bridgehead atoms. The summed E-state index contributed by atoms with van der Waals surface area (Å²) in [5.41, 5.74) is 2.84. The molecule has 3 aromatic rings. The number of ether oxygens (including phenoxy) is 2. The normalized spacial score (nSPS) is 13.1. The third-order valence-corrected chi connectivity index (χ3v) is 5.84. The summed E-state index contributed by atoms with van der Waals surface area (Å²) in [6.07, 6.45) is 5.67. The number of benzene rings is 1. The molecule has 0 aliphatic heterocycles. The molecule has 0 fully saturated rings. The minimum absolute atomic E-state index is 0.232. The van der Waals surface area contributed by atoms with Gasteiger partial charge in [0.2, 0.25) is 5.71 Å². The Bertz CT molecular complexity index is 1100. The number of methoxy groups -OCH3 is 2. The van der Waals surface area contributed by atoms with E-state index in [2.05, 4.69) is 10.3 Å². The lowest BCUT2D eigenvalue weighted by Gasteiger charge is -2.12. The minimum Gasteiger partial charge on any atom is -0.495 e. The third kappa shape index (κ3) is 4.77. The average molecular weight is 444 g/mol. The molecule has 4 rings (SSSR count). The Hall–Kier alpha value is -2.80. The summed E-state index contributed by atoms with van der Waals surface area (Å²) in [4.78, 5) is 20.9. The Kier molecular flexibility index (Phi) is 6.61. The molecular weight excluding hydrogens is 418 g/mol. The molecule has 1 N–H and O–H groups in total. The number of nitrogens with one attached hydrogen (secondary N) is 1. The van der Waals surface area contributed by atoms with Gasteiger partial charge in [-0.15, -0.1) is 0 Å². The molecule has 7 nitrogen and oxygen atoms in total. The molecule has 2 aromatic heterocycles. The van der Waals surface area contributed by atoms with E-state index < -0.39 is 0 Å². The van der Waals surface area contributed by atoms with Gasteiger partial charge in [0.05, 0.1) is 24.6 Å². The lowest BCUT2D eigenvalue weighted by Crippen LogP contribution is -2.08. The zero-order valence-electron chi connectivity index (χ0n) is 17.8. The number of hydrogen-bond acceptors (Lipinski definition) is 7. The number of aryl methyl sites for hydroxylation is 3. The van der Waals surface area contributed by atoms with E-state index in [0.717, 1.165) is 48.2 Å². The Morgan fingerprint density at radius 1 is 1.23 bits per heavy atom. The molecule has 2 heterocycles. The number of anilines is 1. The molecule has 0 saturated heterocycles. The number of carbonyl (C=O) groups excluding carboxylic acids is 1. The van der Waals surface area contributed by atoms with Crippen molar-refractivity contribution in [2.45, 2.75) is 51.5 Å². The van der Waals surface area contributed by atoms with Crippen molar-refractivity contribution in [2.75, 3.05) is 19.5 Å². The van der Waals surface area contributed by atoms with Crippen LogP contribution in [-0.4, -0.2) is 30.2 Å². The second-order valence-corrected chi connectivity index (χ2v) is 8.04. The zero-order valence-corrected chi connectivity index (χ0v) is 18.6. The van der Waals surface area contributed by atoms with Gasteiger partial charge in [0.1, 0.15) is 23.2 Å². The molecule has 164 valence electrons. The summed E-state index contributed by atoms with van der Waals surface area (Å²) in [5.74, 6) is 2.84. The lowest BCUT2D eigenvalue weighted by molar-refractivity contribution is -0.140. The Labute approximate surface area is 186 Å². The number of esters is 1. The van der Waals surface area contributed by atoms with Gasteiger partial charge in [-0.25, -0.2) is 4.98 Å². The van der Waals surface area contributed by atoms with E-state index in [0.29, 0.717) is 48.1 Å². The van der Waals surface area contributed by atoms with Crippen LogP contribution in [0.3, 0.4) is 0 Å². The molecule has 0 unspecified atom stereocenters. The number of aromatic nitrogens is 2. The maximum Gasteiger partial charge on any atom is 0.305 e. The topological polar surface area (TPSA) is 86.5 Å². The summed E-state index contributed by atoms with van der Waals surface area (Å²) in [5, 5.41) is 4.99. The van der Waals surface area contributed by atoms with Crippen molar-refractivity contribution in [1.82, 2.24) is 9.97 Å². The van der Waals surface area contributed by atoms with Gasteiger partial charge >= 0.3 is 5.97 Å². The molecule has 8 heteroatoms. The summed E-state index contributed by atoms with van der Waals surface area (Å²) in [6, 6.07) is 5.71. The highest BCUT2D eigenvalue weighted by atomic mass is 35.5. The number of hydrogen-bond donors (Lipinski definition) is 1. The van der Waals surface area contributed by atoms with Crippen LogP contribution in [0.25, 0.3) is 11.1 Å². The third-order valence-electron chi connectivity index (χ3n) is 5.55. The Morgan fingerprint density at radius 2 is 2.06 bits per heavy atom. The Morgan fingerprint density at radius 3 is 2.84 bits per heavy atom. The maximum absolute atomic E-state index is 11.4. The molecule has 0 radical (unpaired) electrons. The van der Waals surface area contributed by atoms with Crippen LogP contribution >= 0.6 is 11.6 Å². The van der Waals surface area contributed by atoms with Gasteiger partial charge in [0, 0.05) is 31.4 Å². The highest BCUT2D eigenvalue weighted by molar-refractivity contribution is 6.32. The predicted molar refractivity (Wildman–Crippen MR) is 119 cm³/mol. The summed E-state index contributed by atoms with van der Waals surface area (Å²) in [7, 11) is 2.99. The summed E-state index contributed by atoms with van der Waals surface area (Å²) >= 11 is 6.27. The van der Waals surface area contributed by atoms with E-state index in [4.69, 9.17) is 30.5 Å². The smallest absolute Gasteiger partial charge is 0.305 e. The number of nitrogens with zero attached hydrogens (tertiary/aromatic N) is 2. The first-order valence-electron chi connectivity index (χ1n) is 10.5. The van der Waals surface area contributed by atoms with Crippen molar-refractivity contribution >= 4 is 34.5 Å². The van der Waals surface area contributed by atoms with Crippen LogP contribution in [0.4, 0.5) is 5.82 Å². The van der Waals surface area contributed by atoms with Crippen molar-refractivity contribution in [2.24, 2.45) is 0 Å². The van der Waals surface area contributed by atoms with E-state index in [-0.39, 0.29) is 5.97 Å². The monoisotopic (exact) mass is 443 g/mol. The first-order chi connectivity index (χ1) is 15.1. The van der Waals surface area contributed by atoms with Crippen LogP contribution in [0, 0.1) is 0 Å². The minimum atomic E-state index is -0.232.